The number of carbonyl (C=O) groups is 1. The lowest BCUT2D eigenvalue weighted by Gasteiger charge is -2.26. The number of nitrogens with one attached hydrogen (secondary N) is 1. The summed E-state index contributed by atoms with van der Waals surface area (Å²) in [6, 6.07) is 0. The Labute approximate surface area is 89.3 Å². The smallest absolute Gasteiger partial charge is 0.225 e. The van der Waals surface area contributed by atoms with E-state index in [1.165, 1.54) is 19.3 Å². The van der Waals surface area contributed by atoms with Crippen molar-refractivity contribution in [1.82, 2.24) is 10.2 Å². The van der Waals surface area contributed by atoms with Crippen LogP contribution in [0.4, 0.5) is 0 Å². The molecule has 6 nitrogen and oxygen atoms in total. The molecule has 6 heteroatoms. The van der Waals surface area contributed by atoms with Crippen molar-refractivity contribution in [3.8, 4) is 0 Å². The third kappa shape index (κ3) is 5.24. The summed E-state index contributed by atoms with van der Waals surface area (Å²) in [5, 5.41) is 5.91. The third-order valence-corrected chi connectivity index (χ3v) is 2.48. The van der Waals surface area contributed by atoms with Crippen LogP contribution >= 0.6 is 0 Å². The molecule has 0 spiro atoms. The predicted molar refractivity (Wildman–Crippen MR) is 57.3 cm³/mol. The molecule has 0 radical (unpaired) electrons. The molecule has 0 bridgehead atoms. The summed E-state index contributed by atoms with van der Waals surface area (Å²) in [5.41, 5.74) is 8.01. The number of likely N-dealkylation sites (tertiary alicyclic amines) is 1. The fraction of sp³-hybridized carbons (Fsp3) is 0.889. The molecule has 1 N–H and O–H groups in total. The second-order valence-electron chi connectivity index (χ2n) is 3.64. The van der Waals surface area contributed by atoms with E-state index in [1.54, 1.807) is 0 Å². The van der Waals surface area contributed by atoms with Crippen molar-refractivity contribution in [1.29, 1.82) is 0 Å². The lowest BCUT2D eigenvalue weighted by atomic mass is 10.1. The molecular formula is C9H17N5O. The highest BCUT2D eigenvalue weighted by atomic mass is 16.1. The Bertz CT molecular complexity index is 243. The largest absolute Gasteiger partial charge is 0.355 e. The molecule has 1 rings (SSSR count). The van der Waals surface area contributed by atoms with E-state index < -0.39 is 0 Å². The second kappa shape index (κ2) is 7.09. The summed E-state index contributed by atoms with van der Waals surface area (Å²) in [6.07, 6.45) is 3.83. The first kappa shape index (κ1) is 11.8. The van der Waals surface area contributed by atoms with Crippen LogP contribution in [-0.2, 0) is 4.79 Å². The monoisotopic (exact) mass is 211 g/mol. The number of hydrogen-bond acceptors (Lipinski definition) is 3. The van der Waals surface area contributed by atoms with Crippen LogP contribution in [0.5, 0.6) is 0 Å². The van der Waals surface area contributed by atoms with E-state index in [0.29, 0.717) is 6.54 Å². The molecule has 0 atom stereocenters. The van der Waals surface area contributed by atoms with Crippen molar-refractivity contribution in [2.45, 2.75) is 19.3 Å². The second-order valence-corrected chi connectivity index (χ2v) is 3.64. The minimum atomic E-state index is -0.204. The van der Waals surface area contributed by atoms with Gasteiger partial charge in [-0.3, -0.25) is 4.79 Å². The van der Waals surface area contributed by atoms with Crippen LogP contribution in [0, 0.1) is 0 Å². The van der Waals surface area contributed by atoms with Crippen molar-refractivity contribution >= 4 is 5.91 Å². The molecular weight excluding hydrogens is 194 g/mol. The Morgan fingerprint density at radius 2 is 2.13 bits per heavy atom. The van der Waals surface area contributed by atoms with Gasteiger partial charge in [-0.1, -0.05) is 11.5 Å². The van der Waals surface area contributed by atoms with Gasteiger partial charge in [0.15, 0.2) is 0 Å². The number of carbonyl (C=O) groups excluding carboxylic acids is 1. The number of amides is 1. The minimum absolute atomic E-state index is 0.101. The van der Waals surface area contributed by atoms with Crippen molar-refractivity contribution in [3.63, 3.8) is 0 Å². The minimum Gasteiger partial charge on any atom is -0.355 e. The maximum atomic E-state index is 11.0. The van der Waals surface area contributed by atoms with Gasteiger partial charge in [0.25, 0.3) is 0 Å². The van der Waals surface area contributed by atoms with Gasteiger partial charge in [0.2, 0.25) is 5.91 Å². The van der Waals surface area contributed by atoms with Crippen LogP contribution < -0.4 is 5.32 Å². The van der Waals surface area contributed by atoms with E-state index in [2.05, 4.69) is 20.2 Å². The fourth-order valence-corrected chi connectivity index (χ4v) is 1.69. The average Bonchev–Trinajstić information content (AvgIpc) is 2.28. The van der Waals surface area contributed by atoms with E-state index >= 15 is 0 Å². The van der Waals surface area contributed by atoms with Gasteiger partial charge in [0, 0.05) is 18.0 Å². The molecule has 0 unspecified atom stereocenters. The molecule has 1 fully saturated rings. The summed E-state index contributed by atoms with van der Waals surface area (Å²) in [6.45, 7) is 3.69. The van der Waals surface area contributed by atoms with Crippen molar-refractivity contribution < 1.29 is 4.79 Å². The van der Waals surface area contributed by atoms with Crippen molar-refractivity contribution in [3.05, 3.63) is 10.4 Å². The molecule has 1 heterocycles. The molecule has 0 aromatic rings. The molecule has 84 valence electrons. The molecule has 15 heavy (non-hydrogen) atoms. The maximum absolute atomic E-state index is 11.0. The Morgan fingerprint density at radius 3 is 2.80 bits per heavy atom. The van der Waals surface area contributed by atoms with E-state index in [-0.39, 0.29) is 12.5 Å². The molecule has 1 amide bonds. The van der Waals surface area contributed by atoms with Crippen LogP contribution in [0.1, 0.15) is 19.3 Å². The Balaban J connectivity index is 2.04. The van der Waals surface area contributed by atoms with Crippen LogP contribution in [0.25, 0.3) is 10.4 Å². The first-order valence-electron chi connectivity index (χ1n) is 5.33. The van der Waals surface area contributed by atoms with Crippen LogP contribution in [0.2, 0.25) is 0 Å². The Kier molecular flexibility index (Phi) is 5.58. The van der Waals surface area contributed by atoms with Gasteiger partial charge >= 0.3 is 0 Å². The normalized spacial score (nSPS) is 16.8. The molecule has 0 saturated carbocycles. The quantitative estimate of drug-likeness (QED) is 0.416. The summed E-state index contributed by atoms with van der Waals surface area (Å²) >= 11 is 0. The summed E-state index contributed by atoms with van der Waals surface area (Å²) < 4.78 is 0. The molecule has 1 aliphatic heterocycles. The van der Waals surface area contributed by atoms with E-state index in [9.17, 15) is 4.79 Å². The van der Waals surface area contributed by atoms with Crippen LogP contribution in [-0.4, -0.2) is 43.5 Å². The first-order valence-corrected chi connectivity index (χ1v) is 5.33. The molecule has 0 aliphatic carbocycles. The highest BCUT2D eigenvalue weighted by molar-refractivity contribution is 5.78. The van der Waals surface area contributed by atoms with Crippen molar-refractivity contribution in [2.24, 2.45) is 5.11 Å². The lowest BCUT2D eigenvalue weighted by molar-refractivity contribution is -0.119. The van der Waals surface area contributed by atoms with E-state index in [0.717, 1.165) is 19.6 Å². The fourth-order valence-electron chi connectivity index (χ4n) is 1.69. The van der Waals surface area contributed by atoms with Crippen molar-refractivity contribution in [2.75, 3.05) is 32.7 Å². The van der Waals surface area contributed by atoms with Crippen LogP contribution in [0.3, 0.4) is 0 Å². The third-order valence-electron chi connectivity index (χ3n) is 2.48. The van der Waals surface area contributed by atoms with E-state index in [1.807, 2.05) is 0 Å². The zero-order valence-corrected chi connectivity index (χ0v) is 8.85. The topological polar surface area (TPSA) is 81.1 Å². The summed E-state index contributed by atoms with van der Waals surface area (Å²) in [7, 11) is 0. The number of nitrogens with zero attached hydrogens (tertiary/aromatic N) is 4. The van der Waals surface area contributed by atoms with Gasteiger partial charge in [0.1, 0.15) is 6.54 Å². The van der Waals surface area contributed by atoms with E-state index in [4.69, 9.17) is 5.53 Å². The number of piperidine rings is 1. The Morgan fingerprint density at radius 1 is 1.40 bits per heavy atom. The molecule has 1 saturated heterocycles. The van der Waals surface area contributed by atoms with Gasteiger partial charge in [-0.05, 0) is 31.5 Å². The molecule has 0 aromatic heterocycles. The Hall–Kier alpha value is -1.26. The molecule has 0 aromatic carbocycles. The first-order chi connectivity index (χ1) is 7.33. The zero-order chi connectivity index (χ0) is 10.9. The van der Waals surface area contributed by atoms with Gasteiger partial charge in [0.05, 0.1) is 0 Å². The highest BCUT2D eigenvalue weighted by Crippen LogP contribution is 2.07. The van der Waals surface area contributed by atoms with Gasteiger partial charge in [-0.2, -0.15) is 0 Å². The highest BCUT2D eigenvalue weighted by Gasteiger charge is 2.09. The summed E-state index contributed by atoms with van der Waals surface area (Å²) in [5.74, 6) is -0.204. The number of hydrogen-bond donors (Lipinski definition) is 1. The molecule has 1 aliphatic rings. The predicted octanol–water partition coefficient (Wildman–Crippen LogP) is 0.899. The van der Waals surface area contributed by atoms with Crippen LogP contribution in [0.15, 0.2) is 5.11 Å². The lowest BCUT2D eigenvalue weighted by Crippen LogP contribution is -2.38. The average molecular weight is 211 g/mol. The van der Waals surface area contributed by atoms with Gasteiger partial charge in [-0.25, -0.2) is 0 Å². The van der Waals surface area contributed by atoms with Gasteiger partial charge in [-0.15, -0.1) is 0 Å². The SMILES string of the molecule is [N-]=[N+]=NCC(=O)NCCN1CCCCC1. The summed E-state index contributed by atoms with van der Waals surface area (Å²) in [4.78, 5) is 15.9. The maximum Gasteiger partial charge on any atom is 0.225 e. The zero-order valence-electron chi connectivity index (χ0n) is 8.85. The number of azide groups is 1. The standard InChI is InChI=1S/C9H17N5O/c10-13-12-8-9(15)11-4-7-14-5-2-1-3-6-14/h1-8H2,(H,11,15). The van der Waals surface area contributed by atoms with Gasteiger partial charge < -0.3 is 10.2 Å². The number of rotatable bonds is 5.